The van der Waals surface area contributed by atoms with E-state index in [9.17, 15) is 0 Å². The van der Waals surface area contributed by atoms with Crippen LogP contribution in [0.1, 0.15) is 32.8 Å². The molecule has 1 heterocycles. The van der Waals surface area contributed by atoms with Crippen molar-refractivity contribution in [3.05, 3.63) is 23.8 Å². The van der Waals surface area contributed by atoms with Gasteiger partial charge in [0.25, 0.3) is 0 Å². The highest BCUT2D eigenvalue weighted by Crippen LogP contribution is 2.28. The number of nitrogens with zero attached hydrogens (tertiary/aromatic N) is 4. The molecule has 0 unspecified atom stereocenters. The summed E-state index contributed by atoms with van der Waals surface area (Å²) >= 11 is 0. The minimum Gasteiger partial charge on any atom is -0.398 e. The number of rotatable bonds is 4. The number of anilines is 1. The molecule has 5 heteroatoms. The minimum atomic E-state index is 0.155. The molecular formula is C14H21N5. The van der Waals surface area contributed by atoms with E-state index in [2.05, 4.69) is 36.3 Å². The van der Waals surface area contributed by atoms with Crippen LogP contribution < -0.4 is 5.73 Å². The molecule has 2 aromatic rings. The Labute approximate surface area is 113 Å². The van der Waals surface area contributed by atoms with Gasteiger partial charge in [0.2, 0.25) is 0 Å². The summed E-state index contributed by atoms with van der Waals surface area (Å²) in [5.41, 5.74) is 8.97. The quantitative estimate of drug-likeness (QED) is 0.857. The number of nitrogens with two attached hydrogens (primary N) is 1. The summed E-state index contributed by atoms with van der Waals surface area (Å²) in [6.07, 6.45) is 1.07. The number of tetrazole rings is 1. The van der Waals surface area contributed by atoms with Gasteiger partial charge in [0.1, 0.15) is 0 Å². The number of hydrogen-bond acceptors (Lipinski definition) is 4. The molecule has 0 aliphatic heterocycles. The molecule has 0 fully saturated rings. The number of para-hydroxylation sites is 1. The molecule has 5 nitrogen and oxygen atoms in total. The minimum absolute atomic E-state index is 0.155. The van der Waals surface area contributed by atoms with Gasteiger partial charge in [-0.2, -0.15) is 0 Å². The largest absolute Gasteiger partial charge is 0.398 e. The molecule has 0 spiro atoms. The molecule has 1 aromatic heterocycles. The number of aryl methyl sites for hydroxylation is 1. The van der Waals surface area contributed by atoms with Crippen LogP contribution in [0.15, 0.2) is 18.2 Å². The first kappa shape index (κ1) is 13.5. The zero-order chi connectivity index (χ0) is 14.0. The van der Waals surface area contributed by atoms with Crippen LogP contribution in [-0.2, 0) is 6.54 Å². The number of nitrogen functional groups attached to an aromatic ring is 1. The first-order valence-electron chi connectivity index (χ1n) is 6.56. The Morgan fingerprint density at radius 2 is 2.05 bits per heavy atom. The summed E-state index contributed by atoms with van der Waals surface area (Å²) < 4.78 is 1.84. The van der Waals surface area contributed by atoms with Crippen molar-refractivity contribution in [1.82, 2.24) is 20.2 Å². The lowest BCUT2D eigenvalue weighted by molar-refractivity contribution is 0.279. The van der Waals surface area contributed by atoms with E-state index in [-0.39, 0.29) is 5.41 Å². The van der Waals surface area contributed by atoms with Crippen molar-refractivity contribution < 1.29 is 0 Å². The van der Waals surface area contributed by atoms with Crippen LogP contribution in [0.25, 0.3) is 11.4 Å². The third-order valence-corrected chi connectivity index (χ3v) is 3.63. The highest BCUT2D eigenvalue weighted by Gasteiger charge is 2.20. The lowest BCUT2D eigenvalue weighted by Gasteiger charge is -2.22. The SMILES string of the molecule is CCC(C)(C)Cn1nnnc1-c1cccc(C)c1N. The Bertz CT molecular complexity index is 571. The summed E-state index contributed by atoms with van der Waals surface area (Å²) in [5, 5.41) is 12.0. The van der Waals surface area contributed by atoms with Gasteiger partial charge in [-0.05, 0) is 40.8 Å². The Morgan fingerprint density at radius 3 is 2.74 bits per heavy atom. The maximum atomic E-state index is 6.13. The monoisotopic (exact) mass is 259 g/mol. The lowest BCUT2D eigenvalue weighted by atomic mass is 9.90. The van der Waals surface area contributed by atoms with Crippen molar-refractivity contribution >= 4 is 5.69 Å². The average molecular weight is 259 g/mol. The van der Waals surface area contributed by atoms with E-state index in [0.717, 1.165) is 35.6 Å². The molecule has 0 aliphatic carbocycles. The van der Waals surface area contributed by atoms with Crippen LogP contribution in [0, 0.1) is 12.3 Å². The Hall–Kier alpha value is -1.91. The van der Waals surface area contributed by atoms with Crippen molar-refractivity contribution in [2.75, 3.05) is 5.73 Å². The molecule has 0 atom stereocenters. The maximum Gasteiger partial charge on any atom is 0.184 e. The van der Waals surface area contributed by atoms with Crippen molar-refractivity contribution in [3.63, 3.8) is 0 Å². The van der Waals surface area contributed by atoms with E-state index in [1.54, 1.807) is 0 Å². The van der Waals surface area contributed by atoms with Gasteiger partial charge < -0.3 is 5.73 Å². The molecule has 19 heavy (non-hydrogen) atoms. The van der Waals surface area contributed by atoms with Gasteiger partial charge in [0.05, 0.1) is 6.54 Å². The second kappa shape index (κ2) is 4.99. The average Bonchev–Trinajstić information content (AvgIpc) is 2.80. The van der Waals surface area contributed by atoms with E-state index in [0.29, 0.717) is 0 Å². The van der Waals surface area contributed by atoms with E-state index >= 15 is 0 Å². The Morgan fingerprint density at radius 1 is 1.32 bits per heavy atom. The lowest BCUT2D eigenvalue weighted by Crippen LogP contribution is -2.20. The fourth-order valence-electron chi connectivity index (χ4n) is 1.90. The summed E-state index contributed by atoms with van der Waals surface area (Å²) in [4.78, 5) is 0. The highest BCUT2D eigenvalue weighted by atomic mass is 15.5. The second-order valence-electron chi connectivity index (χ2n) is 5.71. The smallest absolute Gasteiger partial charge is 0.184 e. The number of benzene rings is 1. The number of aromatic nitrogens is 4. The fraction of sp³-hybridized carbons (Fsp3) is 0.500. The molecule has 0 amide bonds. The van der Waals surface area contributed by atoms with Gasteiger partial charge in [-0.25, -0.2) is 4.68 Å². The fourth-order valence-corrected chi connectivity index (χ4v) is 1.90. The molecule has 0 aliphatic rings. The molecule has 0 saturated heterocycles. The van der Waals surface area contributed by atoms with E-state index in [4.69, 9.17) is 5.73 Å². The molecule has 2 rings (SSSR count). The van der Waals surface area contributed by atoms with Gasteiger partial charge in [-0.15, -0.1) is 5.10 Å². The third kappa shape index (κ3) is 2.75. The Balaban J connectivity index is 2.42. The molecule has 2 N–H and O–H groups in total. The van der Waals surface area contributed by atoms with Gasteiger partial charge in [-0.1, -0.05) is 32.9 Å². The van der Waals surface area contributed by atoms with Crippen LogP contribution in [0.5, 0.6) is 0 Å². The molecular weight excluding hydrogens is 238 g/mol. The first-order chi connectivity index (χ1) is 8.94. The standard InChI is InChI=1S/C14H21N5/c1-5-14(3,4)9-19-13(16-17-18-19)11-8-6-7-10(2)12(11)15/h6-8H,5,9,15H2,1-4H3. The molecule has 0 saturated carbocycles. The summed E-state index contributed by atoms with van der Waals surface area (Å²) in [7, 11) is 0. The van der Waals surface area contributed by atoms with Crippen molar-refractivity contribution in [2.45, 2.75) is 40.7 Å². The summed E-state index contributed by atoms with van der Waals surface area (Å²) in [6, 6.07) is 5.93. The van der Waals surface area contributed by atoms with Crippen LogP contribution in [0.4, 0.5) is 5.69 Å². The Kier molecular flexibility index (Phi) is 3.55. The summed E-state index contributed by atoms with van der Waals surface area (Å²) in [5.74, 6) is 0.739. The highest BCUT2D eigenvalue weighted by molar-refractivity contribution is 5.73. The van der Waals surface area contributed by atoms with Gasteiger partial charge >= 0.3 is 0 Å². The summed E-state index contributed by atoms with van der Waals surface area (Å²) in [6.45, 7) is 9.35. The van der Waals surface area contributed by atoms with E-state index < -0.39 is 0 Å². The molecule has 1 aromatic carbocycles. The zero-order valence-electron chi connectivity index (χ0n) is 12.0. The third-order valence-electron chi connectivity index (χ3n) is 3.63. The van der Waals surface area contributed by atoms with Crippen molar-refractivity contribution in [2.24, 2.45) is 5.41 Å². The van der Waals surface area contributed by atoms with Crippen LogP contribution in [0.2, 0.25) is 0 Å². The second-order valence-corrected chi connectivity index (χ2v) is 5.71. The van der Waals surface area contributed by atoms with Crippen LogP contribution >= 0.6 is 0 Å². The van der Waals surface area contributed by atoms with Gasteiger partial charge in [0.15, 0.2) is 5.82 Å². The normalized spacial score (nSPS) is 11.8. The molecule has 102 valence electrons. The van der Waals surface area contributed by atoms with E-state index in [1.165, 1.54) is 0 Å². The predicted octanol–water partition coefficient (Wildman–Crippen LogP) is 2.67. The zero-order valence-corrected chi connectivity index (χ0v) is 12.0. The first-order valence-corrected chi connectivity index (χ1v) is 6.56. The van der Waals surface area contributed by atoms with Gasteiger partial charge in [-0.3, -0.25) is 0 Å². The molecule has 0 bridgehead atoms. The number of hydrogen-bond donors (Lipinski definition) is 1. The van der Waals surface area contributed by atoms with E-state index in [1.807, 2.05) is 29.8 Å². The van der Waals surface area contributed by atoms with Crippen molar-refractivity contribution in [1.29, 1.82) is 0 Å². The predicted molar refractivity (Wildman–Crippen MR) is 76.5 cm³/mol. The van der Waals surface area contributed by atoms with Crippen molar-refractivity contribution in [3.8, 4) is 11.4 Å². The van der Waals surface area contributed by atoms with Crippen LogP contribution in [0.3, 0.4) is 0 Å². The van der Waals surface area contributed by atoms with Gasteiger partial charge in [0, 0.05) is 11.3 Å². The van der Waals surface area contributed by atoms with Crippen LogP contribution in [-0.4, -0.2) is 20.2 Å². The topological polar surface area (TPSA) is 69.6 Å². The molecule has 0 radical (unpaired) electrons. The maximum absolute atomic E-state index is 6.13.